The maximum atomic E-state index is 13.2. The molecule has 1 unspecified atom stereocenters. The Kier molecular flexibility index (Phi) is 6.35. The number of para-hydroxylation sites is 1. The molecule has 1 atom stereocenters. The molecule has 138 valence electrons. The van der Waals surface area contributed by atoms with E-state index in [0.29, 0.717) is 5.02 Å². The maximum absolute atomic E-state index is 13.2. The summed E-state index contributed by atoms with van der Waals surface area (Å²) in [6.07, 6.45) is 7.68. The lowest BCUT2D eigenvalue weighted by Gasteiger charge is -2.39. The van der Waals surface area contributed by atoms with Crippen molar-refractivity contribution in [2.24, 2.45) is 5.41 Å². The average molecular weight is 381 g/mol. The van der Waals surface area contributed by atoms with Gasteiger partial charge in [-0.2, -0.15) is 11.8 Å². The van der Waals surface area contributed by atoms with Gasteiger partial charge in [0.15, 0.2) is 0 Å². The fourth-order valence-corrected chi connectivity index (χ4v) is 5.31. The fraction of sp³-hybridized carbons (Fsp3) is 0.650. The minimum atomic E-state index is -0.157. The molecule has 25 heavy (non-hydrogen) atoms. The third kappa shape index (κ3) is 4.01. The number of halogens is 1. The first-order chi connectivity index (χ1) is 12.1. The van der Waals surface area contributed by atoms with Gasteiger partial charge in [-0.25, -0.2) is 0 Å². The number of anilines is 1. The van der Waals surface area contributed by atoms with Gasteiger partial charge >= 0.3 is 0 Å². The zero-order chi connectivity index (χ0) is 17.9. The molecular formula is C20H29ClN2OS. The van der Waals surface area contributed by atoms with Crippen molar-refractivity contribution in [3.05, 3.63) is 29.3 Å². The lowest BCUT2D eigenvalue weighted by molar-refractivity contribution is -0.128. The molecule has 2 aliphatic rings. The summed E-state index contributed by atoms with van der Waals surface area (Å²) in [6.45, 7) is 6.31. The highest BCUT2D eigenvalue weighted by molar-refractivity contribution is 7.99. The third-order valence-electron chi connectivity index (χ3n) is 5.88. The smallest absolute Gasteiger partial charge is 0.233 e. The van der Waals surface area contributed by atoms with Crippen molar-refractivity contribution in [3.8, 4) is 0 Å². The van der Waals surface area contributed by atoms with Crippen molar-refractivity contribution in [2.45, 2.75) is 44.3 Å². The first-order valence-electron chi connectivity index (χ1n) is 9.41. The van der Waals surface area contributed by atoms with Crippen molar-refractivity contribution in [3.63, 3.8) is 0 Å². The maximum Gasteiger partial charge on any atom is 0.233 e. The van der Waals surface area contributed by atoms with Crippen LogP contribution < -0.4 is 4.90 Å². The minimum Gasteiger partial charge on any atom is -0.310 e. The molecule has 1 spiro atoms. The number of nitrogens with zero attached hydrogens (tertiary/aromatic N) is 2. The first-order valence-corrected chi connectivity index (χ1v) is 11.1. The second kappa shape index (κ2) is 8.32. The number of likely N-dealkylation sites (tertiary alicyclic amines) is 1. The summed E-state index contributed by atoms with van der Waals surface area (Å²) in [7, 11) is 0. The van der Waals surface area contributed by atoms with Crippen LogP contribution in [0.5, 0.6) is 0 Å². The van der Waals surface area contributed by atoms with Crippen LogP contribution in [0.25, 0.3) is 0 Å². The van der Waals surface area contributed by atoms with Crippen LogP contribution in [-0.2, 0) is 4.79 Å². The molecular weight excluding hydrogens is 352 g/mol. The highest BCUT2D eigenvalue weighted by Gasteiger charge is 2.48. The molecule has 2 saturated heterocycles. The van der Waals surface area contributed by atoms with Gasteiger partial charge in [0.2, 0.25) is 5.91 Å². The van der Waals surface area contributed by atoms with E-state index in [1.807, 2.05) is 40.9 Å². The van der Waals surface area contributed by atoms with Crippen molar-refractivity contribution < 1.29 is 4.79 Å². The molecule has 1 amide bonds. The molecule has 0 radical (unpaired) electrons. The standard InChI is InChI=1S/C20H29ClN2OS/c1-3-6-16(25-2)15-22-12-9-20(10-13-22)11-14-23(19(20)24)18-8-5-4-7-17(18)21/h4-5,7-8,16H,3,6,9-15H2,1-2H3. The van der Waals surface area contributed by atoms with Gasteiger partial charge in [-0.1, -0.05) is 37.1 Å². The number of hydrogen-bond donors (Lipinski definition) is 0. The largest absolute Gasteiger partial charge is 0.310 e. The van der Waals surface area contributed by atoms with E-state index in [1.165, 1.54) is 12.8 Å². The SMILES string of the molecule is CCCC(CN1CCC2(CC1)CCN(c1ccccc1Cl)C2=O)SC. The number of carbonyl (C=O) groups excluding carboxylic acids is 1. The predicted molar refractivity (Wildman–Crippen MR) is 109 cm³/mol. The lowest BCUT2D eigenvalue weighted by atomic mass is 9.77. The van der Waals surface area contributed by atoms with Crippen molar-refractivity contribution in [2.75, 3.05) is 37.3 Å². The van der Waals surface area contributed by atoms with Crippen molar-refractivity contribution >= 4 is 35.0 Å². The topological polar surface area (TPSA) is 23.6 Å². The predicted octanol–water partition coefficient (Wildman–Crippen LogP) is 4.69. The van der Waals surface area contributed by atoms with Gasteiger partial charge in [0.1, 0.15) is 0 Å². The van der Waals surface area contributed by atoms with Crippen LogP contribution in [0.4, 0.5) is 5.69 Å². The molecule has 0 aliphatic carbocycles. The van der Waals surface area contributed by atoms with Gasteiger partial charge in [-0.05, 0) is 57.2 Å². The molecule has 1 aromatic carbocycles. The number of carbonyl (C=O) groups is 1. The van der Waals surface area contributed by atoms with Gasteiger partial charge in [0.05, 0.1) is 16.1 Å². The Morgan fingerprint density at radius 3 is 2.52 bits per heavy atom. The first kappa shape index (κ1) is 19.1. The van der Waals surface area contributed by atoms with Crippen LogP contribution in [0.15, 0.2) is 24.3 Å². The Hall–Kier alpha value is -0.710. The number of hydrogen-bond acceptors (Lipinski definition) is 3. The summed E-state index contributed by atoms with van der Waals surface area (Å²) < 4.78 is 0. The number of piperidine rings is 1. The van der Waals surface area contributed by atoms with Crippen LogP contribution >= 0.6 is 23.4 Å². The quantitative estimate of drug-likeness (QED) is 0.715. The van der Waals surface area contributed by atoms with E-state index in [9.17, 15) is 4.79 Å². The van der Waals surface area contributed by atoms with Gasteiger partial charge in [0, 0.05) is 18.3 Å². The highest BCUT2D eigenvalue weighted by Crippen LogP contribution is 2.44. The van der Waals surface area contributed by atoms with Gasteiger partial charge in [-0.3, -0.25) is 4.79 Å². The highest BCUT2D eigenvalue weighted by atomic mass is 35.5. The molecule has 0 saturated carbocycles. The Morgan fingerprint density at radius 1 is 1.20 bits per heavy atom. The summed E-state index contributed by atoms with van der Waals surface area (Å²) in [4.78, 5) is 17.6. The number of benzene rings is 1. The van der Waals surface area contributed by atoms with Crippen molar-refractivity contribution in [1.82, 2.24) is 4.90 Å². The second-order valence-electron chi connectivity index (χ2n) is 7.39. The van der Waals surface area contributed by atoms with Gasteiger partial charge < -0.3 is 9.80 Å². The molecule has 2 heterocycles. The lowest BCUT2D eigenvalue weighted by Crippen LogP contribution is -2.46. The Labute approximate surface area is 161 Å². The zero-order valence-electron chi connectivity index (χ0n) is 15.3. The summed E-state index contributed by atoms with van der Waals surface area (Å²) in [5.41, 5.74) is 0.716. The summed E-state index contributed by atoms with van der Waals surface area (Å²) >= 11 is 8.30. The van der Waals surface area contributed by atoms with E-state index >= 15 is 0 Å². The number of thioether (sulfide) groups is 1. The molecule has 3 nitrogen and oxygen atoms in total. The number of amides is 1. The molecule has 2 aliphatic heterocycles. The van der Waals surface area contributed by atoms with E-state index in [-0.39, 0.29) is 11.3 Å². The fourth-order valence-electron chi connectivity index (χ4n) is 4.24. The average Bonchev–Trinajstić information content (AvgIpc) is 2.93. The molecule has 0 bridgehead atoms. The molecule has 2 fully saturated rings. The Bertz CT molecular complexity index is 601. The number of rotatable bonds is 6. The van der Waals surface area contributed by atoms with Crippen LogP contribution in [0.1, 0.15) is 39.0 Å². The van der Waals surface area contributed by atoms with Crippen LogP contribution in [0, 0.1) is 5.41 Å². The summed E-state index contributed by atoms with van der Waals surface area (Å²) in [5.74, 6) is 0.287. The summed E-state index contributed by atoms with van der Waals surface area (Å²) in [6, 6.07) is 7.70. The van der Waals surface area contributed by atoms with Crippen LogP contribution in [0.2, 0.25) is 5.02 Å². The third-order valence-corrected chi connectivity index (χ3v) is 7.25. The molecule has 0 N–H and O–H groups in total. The second-order valence-corrected chi connectivity index (χ2v) is 8.93. The van der Waals surface area contributed by atoms with Crippen LogP contribution in [-0.4, -0.2) is 48.5 Å². The van der Waals surface area contributed by atoms with E-state index in [2.05, 4.69) is 18.1 Å². The molecule has 0 aromatic heterocycles. The van der Waals surface area contributed by atoms with Crippen molar-refractivity contribution in [1.29, 1.82) is 0 Å². The van der Waals surface area contributed by atoms with E-state index in [0.717, 1.165) is 56.4 Å². The molecule has 1 aromatic rings. The van der Waals surface area contributed by atoms with Gasteiger partial charge in [0.25, 0.3) is 0 Å². The molecule has 3 rings (SSSR count). The van der Waals surface area contributed by atoms with E-state index < -0.39 is 0 Å². The Morgan fingerprint density at radius 2 is 1.88 bits per heavy atom. The molecule has 5 heteroatoms. The summed E-state index contributed by atoms with van der Waals surface area (Å²) in [5, 5.41) is 1.39. The van der Waals surface area contributed by atoms with E-state index in [4.69, 9.17) is 11.6 Å². The van der Waals surface area contributed by atoms with Gasteiger partial charge in [-0.15, -0.1) is 0 Å². The van der Waals surface area contributed by atoms with E-state index in [1.54, 1.807) is 0 Å². The van der Waals surface area contributed by atoms with Crippen LogP contribution in [0.3, 0.4) is 0 Å². The zero-order valence-corrected chi connectivity index (χ0v) is 16.9. The minimum absolute atomic E-state index is 0.157. The normalized spacial score (nSPS) is 21.9. The monoisotopic (exact) mass is 380 g/mol. The Balaban J connectivity index is 1.62.